The van der Waals surface area contributed by atoms with E-state index in [-0.39, 0.29) is 5.56 Å². The summed E-state index contributed by atoms with van der Waals surface area (Å²) in [5, 5.41) is 0.419. The maximum atomic E-state index is 13.0. The number of aromatic nitrogens is 1. The number of carbonyl (C=O) groups excluding carboxylic acids is 1. The van der Waals surface area contributed by atoms with E-state index in [1.54, 1.807) is 6.07 Å². The molecule has 128 valence electrons. The first-order valence-electron chi connectivity index (χ1n) is 6.97. The van der Waals surface area contributed by atoms with Crippen LogP contribution in [0.1, 0.15) is 15.9 Å². The summed E-state index contributed by atoms with van der Waals surface area (Å²) in [4.78, 5) is 23.8. The van der Waals surface area contributed by atoms with Gasteiger partial charge in [-0.05, 0) is 35.9 Å². The van der Waals surface area contributed by atoms with Crippen LogP contribution in [0.5, 0.6) is 0 Å². The van der Waals surface area contributed by atoms with Crippen LogP contribution in [-0.2, 0) is 6.18 Å². The first-order valence-corrected chi connectivity index (χ1v) is 8.16. The van der Waals surface area contributed by atoms with Gasteiger partial charge in [-0.1, -0.05) is 41.1 Å². The highest BCUT2D eigenvalue weighted by molar-refractivity contribution is 7.16. The molecule has 0 saturated heterocycles. The van der Waals surface area contributed by atoms with Crippen molar-refractivity contribution in [2.75, 3.05) is 0 Å². The molecule has 8 heteroatoms. The number of rotatable bonds is 2. The molecule has 3 aromatic rings. The van der Waals surface area contributed by atoms with Gasteiger partial charge in [-0.15, -0.1) is 0 Å². The van der Waals surface area contributed by atoms with Crippen molar-refractivity contribution in [3.8, 4) is 0 Å². The fourth-order valence-electron chi connectivity index (χ4n) is 2.34. The van der Waals surface area contributed by atoms with E-state index in [9.17, 15) is 22.8 Å². The minimum atomic E-state index is -4.54. The first kappa shape index (κ1) is 17.4. The maximum absolute atomic E-state index is 13.0. The molecular formula is C17H9ClF3NO2S. The van der Waals surface area contributed by atoms with E-state index in [4.69, 9.17) is 11.6 Å². The van der Waals surface area contributed by atoms with E-state index in [0.29, 0.717) is 15.2 Å². The van der Waals surface area contributed by atoms with Crippen molar-refractivity contribution in [1.82, 2.24) is 4.57 Å². The second kappa shape index (κ2) is 6.50. The van der Waals surface area contributed by atoms with Gasteiger partial charge in [0.25, 0.3) is 5.91 Å². The van der Waals surface area contributed by atoms with Crippen molar-refractivity contribution >= 4 is 45.1 Å². The molecule has 0 fully saturated rings. The lowest BCUT2D eigenvalue weighted by molar-refractivity contribution is -0.137. The quantitative estimate of drug-likeness (QED) is 0.578. The predicted octanol–water partition coefficient (Wildman–Crippen LogP) is 5.09. The van der Waals surface area contributed by atoms with E-state index in [1.807, 2.05) is 0 Å². The Kier molecular flexibility index (Phi) is 4.53. The molecule has 0 amide bonds. The van der Waals surface area contributed by atoms with Gasteiger partial charge in [0.2, 0.25) is 0 Å². The van der Waals surface area contributed by atoms with Gasteiger partial charge >= 0.3 is 11.0 Å². The lowest BCUT2D eigenvalue weighted by atomic mass is 10.1. The van der Waals surface area contributed by atoms with Gasteiger partial charge in [-0.3, -0.25) is 9.59 Å². The Hall–Kier alpha value is -2.38. The number of thiazole rings is 1. The number of alkyl halides is 3. The van der Waals surface area contributed by atoms with Crippen LogP contribution in [-0.4, -0.2) is 10.5 Å². The van der Waals surface area contributed by atoms with Crippen molar-refractivity contribution in [3.05, 3.63) is 74.4 Å². The smallest absolute Gasteiger partial charge is 0.269 e. The Morgan fingerprint density at radius 3 is 2.60 bits per heavy atom. The maximum Gasteiger partial charge on any atom is 0.416 e. The number of nitrogens with zero attached hydrogens (tertiary/aromatic N) is 1. The molecule has 0 radical (unpaired) electrons. The summed E-state index contributed by atoms with van der Waals surface area (Å²) in [5.41, 5.74) is -0.648. The van der Waals surface area contributed by atoms with E-state index in [0.717, 1.165) is 34.1 Å². The zero-order chi connectivity index (χ0) is 18.2. The van der Waals surface area contributed by atoms with Crippen LogP contribution < -0.4 is 4.87 Å². The Bertz CT molecular complexity index is 1050. The van der Waals surface area contributed by atoms with Gasteiger partial charge in [0.05, 0.1) is 15.8 Å². The number of benzene rings is 2. The summed E-state index contributed by atoms with van der Waals surface area (Å²) in [6.45, 7) is 0. The Labute approximate surface area is 148 Å². The third-order valence-electron chi connectivity index (χ3n) is 3.43. The van der Waals surface area contributed by atoms with Gasteiger partial charge in [0, 0.05) is 11.1 Å². The number of carbonyl (C=O) groups is 1. The molecule has 1 aromatic heterocycles. The molecule has 0 aliphatic heterocycles. The molecule has 0 aliphatic rings. The van der Waals surface area contributed by atoms with Crippen molar-refractivity contribution in [1.29, 1.82) is 0 Å². The summed E-state index contributed by atoms with van der Waals surface area (Å²) in [7, 11) is 0. The summed E-state index contributed by atoms with van der Waals surface area (Å²) in [6, 6.07) is 9.48. The fraction of sp³-hybridized carbons (Fsp3) is 0.0588. The van der Waals surface area contributed by atoms with E-state index in [1.165, 1.54) is 30.3 Å². The standard InChI is InChI=1S/C17H9ClF3NO2S/c18-11-6-7-13-14(9-11)25-16(24)22(13)15(23)8-5-10-3-1-2-4-12(10)17(19,20)21/h1-9H/b8-5+. The third-order valence-corrected chi connectivity index (χ3v) is 4.57. The largest absolute Gasteiger partial charge is 0.416 e. The van der Waals surface area contributed by atoms with Crippen LogP contribution >= 0.6 is 22.9 Å². The molecule has 0 spiro atoms. The average molecular weight is 384 g/mol. The number of hydrogen-bond acceptors (Lipinski definition) is 3. The van der Waals surface area contributed by atoms with Crippen LogP contribution in [0.2, 0.25) is 5.02 Å². The Morgan fingerprint density at radius 2 is 1.88 bits per heavy atom. The monoisotopic (exact) mass is 383 g/mol. The highest BCUT2D eigenvalue weighted by Gasteiger charge is 2.32. The zero-order valence-corrected chi connectivity index (χ0v) is 14.0. The molecule has 0 saturated carbocycles. The topological polar surface area (TPSA) is 39.1 Å². The van der Waals surface area contributed by atoms with E-state index < -0.39 is 22.5 Å². The van der Waals surface area contributed by atoms with Crippen molar-refractivity contribution in [2.45, 2.75) is 6.18 Å². The molecule has 0 aliphatic carbocycles. The molecule has 3 nitrogen and oxygen atoms in total. The molecule has 25 heavy (non-hydrogen) atoms. The lowest BCUT2D eigenvalue weighted by Crippen LogP contribution is -2.19. The average Bonchev–Trinajstić information content (AvgIpc) is 2.87. The van der Waals surface area contributed by atoms with Crippen LogP contribution in [0.25, 0.3) is 16.3 Å². The van der Waals surface area contributed by atoms with E-state index >= 15 is 0 Å². The van der Waals surface area contributed by atoms with Gasteiger partial charge in [0.15, 0.2) is 0 Å². The molecule has 0 bridgehead atoms. The summed E-state index contributed by atoms with van der Waals surface area (Å²) in [5.74, 6) is -0.726. The van der Waals surface area contributed by atoms with Crippen LogP contribution in [0.4, 0.5) is 13.2 Å². The predicted molar refractivity (Wildman–Crippen MR) is 92.2 cm³/mol. The molecule has 2 aromatic carbocycles. The number of halogens is 4. The van der Waals surface area contributed by atoms with Gasteiger partial charge < -0.3 is 0 Å². The van der Waals surface area contributed by atoms with Crippen LogP contribution in [0, 0.1) is 0 Å². The first-order chi connectivity index (χ1) is 11.8. The van der Waals surface area contributed by atoms with Gasteiger partial charge in [-0.25, -0.2) is 4.57 Å². The number of allylic oxidation sites excluding steroid dienone is 1. The minimum absolute atomic E-state index is 0.154. The second-order valence-corrected chi connectivity index (χ2v) is 6.50. The molecular weight excluding hydrogens is 375 g/mol. The van der Waals surface area contributed by atoms with Crippen LogP contribution in [0.3, 0.4) is 0 Å². The second-order valence-electron chi connectivity index (χ2n) is 5.07. The fourth-order valence-corrected chi connectivity index (χ4v) is 3.49. The SMILES string of the molecule is O=C(/C=C/c1ccccc1C(F)(F)F)n1c(=O)sc2cc(Cl)ccc21. The number of fused-ring (bicyclic) bond motifs is 1. The summed E-state index contributed by atoms with van der Waals surface area (Å²) in [6.07, 6.45) is -2.53. The Balaban J connectivity index is 2.01. The normalized spacial score (nSPS) is 12.2. The number of hydrogen-bond donors (Lipinski definition) is 0. The molecule has 3 rings (SSSR count). The van der Waals surface area contributed by atoms with Crippen molar-refractivity contribution < 1.29 is 18.0 Å². The molecule has 0 atom stereocenters. The molecule has 0 unspecified atom stereocenters. The lowest BCUT2D eigenvalue weighted by Gasteiger charge is -2.09. The van der Waals surface area contributed by atoms with Crippen molar-refractivity contribution in [2.24, 2.45) is 0 Å². The Morgan fingerprint density at radius 1 is 1.16 bits per heavy atom. The van der Waals surface area contributed by atoms with E-state index in [2.05, 4.69) is 0 Å². The van der Waals surface area contributed by atoms with Crippen LogP contribution in [0.15, 0.2) is 53.3 Å². The highest BCUT2D eigenvalue weighted by atomic mass is 35.5. The van der Waals surface area contributed by atoms with Crippen molar-refractivity contribution in [3.63, 3.8) is 0 Å². The minimum Gasteiger partial charge on any atom is -0.269 e. The summed E-state index contributed by atoms with van der Waals surface area (Å²) < 4.78 is 40.3. The molecule has 1 heterocycles. The zero-order valence-electron chi connectivity index (χ0n) is 12.4. The third kappa shape index (κ3) is 3.52. The van der Waals surface area contributed by atoms with Gasteiger partial charge in [0.1, 0.15) is 0 Å². The summed E-state index contributed by atoms with van der Waals surface area (Å²) >= 11 is 6.69. The molecule has 0 N–H and O–H groups in total. The highest BCUT2D eigenvalue weighted by Crippen LogP contribution is 2.32. The van der Waals surface area contributed by atoms with Gasteiger partial charge in [-0.2, -0.15) is 13.2 Å².